The van der Waals surface area contributed by atoms with E-state index < -0.39 is 11.2 Å². The highest BCUT2D eigenvalue weighted by Gasteiger charge is 2.18. The summed E-state index contributed by atoms with van der Waals surface area (Å²) in [5, 5.41) is 12.9. The Balaban J connectivity index is 2.17. The number of hydrogen-bond acceptors (Lipinski definition) is 6. The Bertz CT molecular complexity index is 1080. The highest BCUT2D eigenvalue weighted by molar-refractivity contribution is 5.71. The largest absolute Gasteiger partial charge is 0.330 e. The number of hydrogen-bond donors (Lipinski definition) is 1. The van der Waals surface area contributed by atoms with Gasteiger partial charge in [0.05, 0.1) is 0 Å². The molecule has 3 rings (SSSR count). The summed E-state index contributed by atoms with van der Waals surface area (Å²) in [6.45, 7) is 5.37. The normalized spacial score (nSPS) is 11.1. The Hall–Kier alpha value is -3.22. The number of aryl methyl sites for hydroxylation is 2. The van der Waals surface area contributed by atoms with Gasteiger partial charge in [-0.1, -0.05) is 20.3 Å². The zero-order chi connectivity index (χ0) is 18.7. The third-order valence-corrected chi connectivity index (χ3v) is 4.09. The maximum atomic E-state index is 12.4. The molecule has 0 aliphatic rings. The van der Waals surface area contributed by atoms with Crippen LogP contribution in [0.3, 0.4) is 0 Å². The average Bonchev–Trinajstić information content (AvgIpc) is 3.21. The van der Waals surface area contributed by atoms with Crippen LogP contribution in [-0.4, -0.2) is 33.9 Å². The zero-order valence-electron chi connectivity index (χ0n) is 14.8. The Morgan fingerprint density at radius 3 is 2.65 bits per heavy atom. The van der Waals surface area contributed by atoms with Crippen LogP contribution < -0.4 is 11.2 Å². The highest BCUT2D eigenvalue weighted by atomic mass is 16.2. The molecule has 0 unspecified atom stereocenters. The lowest BCUT2D eigenvalue weighted by molar-refractivity contribution is 0.590. The summed E-state index contributed by atoms with van der Waals surface area (Å²) in [4.78, 5) is 35.5. The minimum Gasteiger partial charge on any atom is -0.321 e. The Kier molecular flexibility index (Phi) is 4.97. The van der Waals surface area contributed by atoms with E-state index in [0.717, 1.165) is 19.3 Å². The number of nitrogens with zero attached hydrogens (tertiary/aromatic N) is 7. The molecule has 0 spiro atoms. The number of fused-ring (bicyclic) bond motifs is 1. The number of rotatable bonds is 7. The fraction of sp³-hybridized carbons (Fsp3) is 0.500. The van der Waals surface area contributed by atoms with Gasteiger partial charge in [0.1, 0.15) is 24.8 Å². The summed E-state index contributed by atoms with van der Waals surface area (Å²) < 4.78 is 4.82. The number of aromatic nitrogens is 7. The van der Waals surface area contributed by atoms with Gasteiger partial charge in [0, 0.05) is 13.1 Å². The summed E-state index contributed by atoms with van der Waals surface area (Å²) in [5.74, 6) is 0.665. The molecule has 3 aromatic rings. The van der Waals surface area contributed by atoms with E-state index in [-0.39, 0.29) is 12.4 Å². The summed E-state index contributed by atoms with van der Waals surface area (Å²) in [6.07, 6.45) is 3.98. The molecule has 0 aliphatic carbocycles. The minimum absolute atomic E-state index is 0.0702. The van der Waals surface area contributed by atoms with E-state index in [4.69, 9.17) is 5.26 Å². The van der Waals surface area contributed by atoms with Crippen LogP contribution in [-0.2, 0) is 19.6 Å². The van der Waals surface area contributed by atoms with Crippen LogP contribution in [0.25, 0.3) is 11.2 Å². The van der Waals surface area contributed by atoms with Gasteiger partial charge in [-0.2, -0.15) is 5.26 Å². The first-order valence-electron chi connectivity index (χ1n) is 8.60. The molecular weight excluding hydrogens is 336 g/mol. The van der Waals surface area contributed by atoms with Gasteiger partial charge in [0.2, 0.25) is 0 Å². The van der Waals surface area contributed by atoms with Crippen molar-refractivity contribution in [3.8, 4) is 6.07 Å². The van der Waals surface area contributed by atoms with E-state index >= 15 is 0 Å². The summed E-state index contributed by atoms with van der Waals surface area (Å²) >= 11 is 0. The van der Waals surface area contributed by atoms with Crippen molar-refractivity contribution in [2.45, 2.75) is 52.7 Å². The predicted molar refractivity (Wildman–Crippen MR) is 93.7 cm³/mol. The molecule has 3 heterocycles. The molecular formula is C16H20N8O2. The first kappa shape index (κ1) is 17.6. The van der Waals surface area contributed by atoms with Crippen LogP contribution in [0.2, 0.25) is 0 Å². The highest BCUT2D eigenvalue weighted by Crippen LogP contribution is 2.14. The van der Waals surface area contributed by atoms with Crippen molar-refractivity contribution in [2.24, 2.45) is 0 Å². The van der Waals surface area contributed by atoms with Crippen LogP contribution in [0.4, 0.5) is 0 Å². The van der Waals surface area contributed by atoms with Gasteiger partial charge in [-0.15, -0.1) is 5.10 Å². The van der Waals surface area contributed by atoms with Gasteiger partial charge < -0.3 is 4.57 Å². The molecule has 0 saturated carbocycles. The maximum Gasteiger partial charge on any atom is 0.330 e. The van der Waals surface area contributed by atoms with E-state index in [1.54, 1.807) is 0 Å². The second-order valence-electron chi connectivity index (χ2n) is 5.99. The number of H-pyrrole nitrogens is 1. The van der Waals surface area contributed by atoms with E-state index in [1.165, 1.54) is 15.6 Å². The standard InChI is InChI=1S/C16H20N8O2/c1-3-5-7-24-14-13(15(25)20-16(24)26)23(6-4-2)12(19-14)9-22-10-18-11(8-17)21-22/h10H,3-7,9H2,1-2H3,(H,20,25,26). The molecule has 10 heteroatoms. The molecule has 0 aromatic carbocycles. The molecule has 10 nitrogen and oxygen atoms in total. The van der Waals surface area contributed by atoms with Gasteiger partial charge in [-0.3, -0.25) is 14.3 Å². The van der Waals surface area contributed by atoms with E-state index in [0.29, 0.717) is 30.1 Å². The molecule has 0 saturated heterocycles. The van der Waals surface area contributed by atoms with Crippen molar-refractivity contribution in [1.29, 1.82) is 5.26 Å². The molecule has 136 valence electrons. The fourth-order valence-electron chi connectivity index (χ4n) is 2.89. The first-order valence-corrected chi connectivity index (χ1v) is 8.60. The van der Waals surface area contributed by atoms with Crippen LogP contribution in [0.5, 0.6) is 0 Å². The van der Waals surface area contributed by atoms with Crippen molar-refractivity contribution in [1.82, 2.24) is 33.9 Å². The van der Waals surface area contributed by atoms with E-state index in [1.807, 2.05) is 24.5 Å². The lowest BCUT2D eigenvalue weighted by Gasteiger charge is -2.07. The number of imidazole rings is 1. The second-order valence-corrected chi connectivity index (χ2v) is 5.99. The summed E-state index contributed by atoms with van der Waals surface area (Å²) in [5.41, 5.74) is -0.119. The minimum atomic E-state index is -0.448. The Labute approximate surface area is 148 Å². The maximum absolute atomic E-state index is 12.4. The Morgan fingerprint density at radius 1 is 1.19 bits per heavy atom. The van der Waals surface area contributed by atoms with Gasteiger partial charge in [0.15, 0.2) is 11.2 Å². The predicted octanol–water partition coefficient (Wildman–Crippen LogP) is 0.608. The first-order chi connectivity index (χ1) is 12.6. The topological polar surface area (TPSA) is 127 Å². The van der Waals surface area contributed by atoms with Gasteiger partial charge in [-0.05, 0) is 12.8 Å². The lowest BCUT2D eigenvalue weighted by Crippen LogP contribution is -2.31. The molecule has 0 fully saturated rings. The van der Waals surface area contributed by atoms with Crippen molar-refractivity contribution in [3.05, 3.63) is 38.8 Å². The molecule has 26 heavy (non-hydrogen) atoms. The van der Waals surface area contributed by atoms with E-state index in [9.17, 15) is 9.59 Å². The zero-order valence-corrected chi connectivity index (χ0v) is 14.8. The van der Waals surface area contributed by atoms with Crippen LogP contribution in [0.15, 0.2) is 15.9 Å². The number of unbranched alkanes of at least 4 members (excludes halogenated alkanes) is 1. The van der Waals surface area contributed by atoms with Gasteiger partial charge in [-0.25, -0.2) is 19.4 Å². The molecule has 0 aliphatic heterocycles. The van der Waals surface area contributed by atoms with E-state index in [2.05, 4.69) is 20.1 Å². The average molecular weight is 356 g/mol. The summed E-state index contributed by atoms with van der Waals surface area (Å²) in [6, 6.07) is 1.88. The van der Waals surface area contributed by atoms with Gasteiger partial charge >= 0.3 is 5.69 Å². The number of aromatic amines is 1. The Morgan fingerprint density at radius 2 is 2.00 bits per heavy atom. The molecule has 3 aromatic heterocycles. The summed E-state index contributed by atoms with van der Waals surface area (Å²) in [7, 11) is 0. The lowest BCUT2D eigenvalue weighted by atomic mass is 10.3. The third kappa shape index (κ3) is 3.15. The molecule has 0 radical (unpaired) electrons. The molecule has 1 N–H and O–H groups in total. The molecule has 0 atom stereocenters. The van der Waals surface area contributed by atoms with Crippen molar-refractivity contribution in [3.63, 3.8) is 0 Å². The number of nitrogens with one attached hydrogen (secondary N) is 1. The molecule has 0 bridgehead atoms. The second kappa shape index (κ2) is 7.35. The smallest absolute Gasteiger partial charge is 0.321 e. The van der Waals surface area contributed by atoms with Crippen LogP contribution >= 0.6 is 0 Å². The molecule has 0 amide bonds. The van der Waals surface area contributed by atoms with Gasteiger partial charge in [0.25, 0.3) is 11.4 Å². The van der Waals surface area contributed by atoms with Crippen molar-refractivity contribution < 1.29 is 0 Å². The fourth-order valence-corrected chi connectivity index (χ4v) is 2.89. The van der Waals surface area contributed by atoms with Crippen LogP contribution in [0.1, 0.15) is 44.8 Å². The van der Waals surface area contributed by atoms with Crippen LogP contribution in [0, 0.1) is 11.3 Å². The number of nitriles is 1. The van der Waals surface area contributed by atoms with Crippen molar-refractivity contribution in [2.75, 3.05) is 0 Å². The third-order valence-electron chi connectivity index (χ3n) is 4.09. The quantitative estimate of drug-likeness (QED) is 0.660. The van der Waals surface area contributed by atoms with Crippen molar-refractivity contribution >= 4 is 11.2 Å². The monoisotopic (exact) mass is 356 g/mol. The SMILES string of the molecule is CCCCn1c(=O)[nH]c(=O)c2c1nc(Cn1cnc(C#N)n1)n2CCC.